The molecule has 0 aromatic carbocycles. The minimum absolute atomic E-state index is 0.307. The van der Waals surface area contributed by atoms with Gasteiger partial charge in [0.05, 0.1) is 0 Å². The van der Waals surface area contributed by atoms with Crippen molar-refractivity contribution in [3.8, 4) is 0 Å². The van der Waals surface area contributed by atoms with E-state index in [4.69, 9.17) is 5.11 Å². The van der Waals surface area contributed by atoms with Crippen LogP contribution in [0.5, 0.6) is 0 Å². The van der Waals surface area contributed by atoms with Crippen molar-refractivity contribution < 1.29 is 5.11 Å². The summed E-state index contributed by atoms with van der Waals surface area (Å²) in [4.78, 5) is 4.23. The van der Waals surface area contributed by atoms with Crippen molar-refractivity contribution in [2.24, 2.45) is 5.92 Å². The van der Waals surface area contributed by atoms with Crippen molar-refractivity contribution in [2.45, 2.75) is 12.3 Å². The first kappa shape index (κ1) is 6.80. The Bertz CT molecular complexity index is 235. The van der Waals surface area contributed by atoms with Gasteiger partial charge in [-0.05, 0) is 24.5 Å². The molecule has 1 fully saturated rings. The van der Waals surface area contributed by atoms with Crippen molar-refractivity contribution in [1.29, 1.82) is 0 Å². The third-order valence-electron chi connectivity index (χ3n) is 2.22. The van der Waals surface area contributed by atoms with E-state index < -0.39 is 0 Å². The van der Waals surface area contributed by atoms with Gasteiger partial charge in [-0.3, -0.25) is 4.98 Å². The Hall–Kier alpha value is -0.890. The van der Waals surface area contributed by atoms with Crippen LogP contribution >= 0.6 is 0 Å². The van der Waals surface area contributed by atoms with Crippen molar-refractivity contribution in [2.75, 3.05) is 6.61 Å². The maximum Gasteiger partial charge on any atom is 0.0465 e. The molecule has 1 saturated carbocycles. The van der Waals surface area contributed by atoms with Crippen molar-refractivity contribution in [3.63, 3.8) is 0 Å². The normalized spacial score (nSPS) is 28.5. The molecule has 2 rings (SSSR count). The quantitative estimate of drug-likeness (QED) is 0.684. The maximum absolute atomic E-state index is 8.81. The number of aliphatic hydroxyl groups excluding tert-OH is 1. The zero-order chi connectivity index (χ0) is 7.68. The largest absolute Gasteiger partial charge is 0.396 e. The number of rotatable bonds is 2. The molecule has 11 heavy (non-hydrogen) atoms. The highest BCUT2D eigenvalue weighted by atomic mass is 16.3. The van der Waals surface area contributed by atoms with Gasteiger partial charge < -0.3 is 5.11 Å². The zero-order valence-electron chi connectivity index (χ0n) is 6.27. The third-order valence-corrected chi connectivity index (χ3v) is 2.22. The van der Waals surface area contributed by atoms with Crippen LogP contribution in [-0.4, -0.2) is 16.7 Å². The second kappa shape index (κ2) is 2.62. The van der Waals surface area contributed by atoms with E-state index in [1.165, 1.54) is 0 Å². The van der Waals surface area contributed by atoms with Gasteiger partial charge >= 0.3 is 0 Å². The molecule has 2 heteroatoms. The summed E-state index contributed by atoms with van der Waals surface area (Å²) in [5, 5.41) is 8.81. The molecule has 1 N–H and O–H groups in total. The Morgan fingerprint density at radius 3 is 3.00 bits per heavy atom. The molecule has 0 amide bonds. The molecule has 1 heterocycles. The molecule has 0 spiro atoms. The highest BCUT2D eigenvalue weighted by molar-refractivity contribution is 5.17. The van der Waals surface area contributed by atoms with Crippen molar-refractivity contribution >= 4 is 0 Å². The van der Waals surface area contributed by atoms with Gasteiger partial charge in [-0.2, -0.15) is 0 Å². The molecule has 2 atom stereocenters. The van der Waals surface area contributed by atoms with E-state index >= 15 is 0 Å². The summed E-state index contributed by atoms with van der Waals surface area (Å²) in [6.07, 6.45) is 2.91. The van der Waals surface area contributed by atoms with E-state index in [2.05, 4.69) is 4.98 Å². The number of nitrogens with zero attached hydrogens (tertiary/aromatic N) is 1. The van der Waals surface area contributed by atoms with E-state index in [0.29, 0.717) is 18.4 Å². The zero-order valence-corrected chi connectivity index (χ0v) is 6.27. The van der Waals surface area contributed by atoms with Crippen LogP contribution in [0.3, 0.4) is 0 Å². The van der Waals surface area contributed by atoms with Gasteiger partial charge in [0, 0.05) is 24.4 Å². The Kier molecular flexibility index (Phi) is 1.62. The molecule has 58 valence electrons. The first-order valence-corrected chi connectivity index (χ1v) is 3.93. The second-order valence-corrected chi connectivity index (χ2v) is 3.04. The number of pyridine rings is 1. The third kappa shape index (κ3) is 1.26. The first-order valence-electron chi connectivity index (χ1n) is 3.93. The summed E-state index contributed by atoms with van der Waals surface area (Å²) in [6.45, 7) is 0.307. The molecule has 0 radical (unpaired) electrons. The summed E-state index contributed by atoms with van der Waals surface area (Å²) in [7, 11) is 0. The van der Waals surface area contributed by atoms with E-state index in [-0.39, 0.29) is 0 Å². The lowest BCUT2D eigenvalue weighted by molar-refractivity contribution is 0.273. The Labute approximate surface area is 65.9 Å². The van der Waals surface area contributed by atoms with Gasteiger partial charge in [-0.15, -0.1) is 0 Å². The minimum Gasteiger partial charge on any atom is -0.396 e. The van der Waals surface area contributed by atoms with Crippen LogP contribution in [0.15, 0.2) is 24.4 Å². The molecular weight excluding hydrogens is 138 g/mol. The fourth-order valence-corrected chi connectivity index (χ4v) is 1.41. The Morgan fingerprint density at radius 2 is 2.45 bits per heavy atom. The molecule has 2 unspecified atom stereocenters. The highest BCUT2D eigenvalue weighted by Gasteiger charge is 2.38. The topological polar surface area (TPSA) is 33.1 Å². The standard InChI is InChI=1S/C9H11NO/c11-6-7-5-8(7)9-3-1-2-4-10-9/h1-4,7-8,11H,5-6H2. The van der Waals surface area contributed by atoms with Gasteiger partial charge in [-0.1, -0.05) is 6.07 Å². The smallest absolute Gasteiger partial charge is 0.0465 e. The Balaban J connectivity index is 2.09. The van der Waals surface area contributed by atoms with Gasteiger partial charge in [0.1, 0.15) is 0 Å². The van der Waals surface area contributed by atoms with Crippen LogP contribution in [0, 0.1) is 5.92 Å². The van der Waals surface area contributed by atoms with E-state index in [9.17, 15) is 0 Å². The van der Waals surface area contributed by atoms with Gasteiger partial charge in [0.25, 0.3) is 0 Å². The van der Waals surface area contributed by atoms with Crippen LogP contribution in [0.1, 0.15) is 18.0 Å². The fourth-order valence-electron chi connectivity index (χ4n) is 1.41. The summed E-state index contributed by atoms with van der Waals surface area (Å²) in [5.41, 5.74) is 1.13. The predicted molar refractivity (Wildman–Crippen MR) is 42.2 cm³/mol. The van der Waals surface area contributed by atoms with Crippen LogP contribution in [0.2, 0.25) is 0 Å². The number of hydrogen-bond donors (Lipinski definition) is 1. The highest BCUT2D eigenvalue weighted by Crippen LogP contribution is 2.45. The lowest BCUT2D eigenvalue weighted by Crippen LogP contribution is -1.90. The van der Waals surface area contributed by atoms with Crippen molar-refractivity contribution in [1.82, 2.24) is 4.98 Å². The first-order chi connectivity index (χ1) is 5.42. The SMILES string of the molecule is OCC1CC1c1ccccn1. The molecule has 1 aliphatic carbocycles. The minimum atomic E-state index is 0.307. The fraction of sp³-hybridized carbons (Fsp3) is 0.444. The average molecular weight is 149 g/mol. The molecule has 0 saturated heterocycles. The van der Waals surface area contributed by atoms with Crippen LogP contribution < -0.4 is 0 Å². The number of aliphatic hydroxyl groups is 1. The molecule has 1 aromatic rings. The lowest BCUT2D eigenvalue weighted by Gasteiger charge is -1.94. The monoisotopic (exact) mass is 149 g/mol. The van der Waals surface area contributed by atoms with Gasteiger partial charge in [0.15, 0.2) is 0 Å². The summed E-state index contributed by atoms with van der Waals surface area (Å²) < 4.78 is 0. The molecule has 2 nitrogen and oxygen atoms in total. The van der Waals surface area contributed by atoms with Crippen LogP contribution in [0.25, 0.3) is 0 Å². The summed E-state index contributed by atoms with van der Waals surface area (Å²) in [5.74, 6) is 1.01. The van der Waals surface area contributed by atoms with Crippen LogP contribution in [-0.2, 0) is 0 Å². The second-order valence-electron chi connectivity index (χ2n) is 3.04. The predicted octanol–water partition coefficient (Wildman–Crippen LogP) is 1.18. The molecule has 0 bridgehead atoms. The van der Waals surface area contributed by atoms with Gasteiger partial charge in [-0.25, -0.2) is 0 Å². The van der Waals surface area contributed by atoms with E-state index in [1.807, 2.05) is 24.4 Å². The van der Waals surface area contributed by atoms with Crippen molar-refractivity contribution in [3.05, 3.63) is 30.1 Å². The van der Waals surface area contributed by atoms with Crippen LogP contribution in [0.4, 0.5) is 0 Å². The Morgan fingerprint density at radius 1 is 1.55 bits per heavy atom. The molecule has 1 aromatic heterocycles. The average Bonchev–Trinajstić information content (AvgIpc) is 2.85. The van der Waals surface area contributed by atoms with E-state index in [0.717, 1.165) is 12.1 Å². The van der Waals surface area contributed by atoms with Gasteiger partial charge in [0.2, 0.25) is 0 Å². The van der Waals surface area contributed by atoms with E-state index in [1.54, 1.807) is 0 Å². The molecule has 0 aliphatic heterocycles. The maximum atomic E-state index is 8.81. The number of aromatic nitrogens is 1. The summed E-state index contributed by atoms with van der Waals surface area (Å²) >= 11 is 0. The lowest BCUT2D eigenvalue weighted by atomic mass is 10.2. The number of hydrogen-bond acceptors (Lipinski definition) is 2. The molecule has 1 aliphatic rings. The summed E-state index contributed by atoms with van der Waals surface area (Å²) in [6, 6.07) is 5.94. The molecular formula is C9H11NO.